The van der Waals surface area contributed by atoms with Crippen molar-refractivity contribution in [1.29, 1.82) is 0 Å². The molecule has 0 unspecified atom stereocenters. The largest absolute Gasteiger partial charge is 0.490 e. The number of aryl methyl sites for hydroxylation is 1. The standard InChI is InChI=1S/C17H21N3O4S/c1-12-7-13-8-15(3-4-16(13)24-12)25(21,22)20-5-6-23-17(11-20)14-9-18-19(2)10-14/h3-4,8-10,12,17H,5-7,11H2,1-2H3/t12-,17+/m1/s1. The van der Waals surface area contributed by atoms with Crippen molar-refractivity contribution >= 4 is 10.0 Å². The van der Waals surface area contributed by atoms with Crippen LogP contribution in [0, 0.1) is 0 Å². The minimum Gasteiger partial charge on any atom is -0.490 e. The Balaban J connectivity index is 1.59. The predicted octanol–water partition coefficient (Wildman–Crippen LogP) is 1.51. The van der Waals surface area contributed by atoms with E-state index in [2.05, 4.69) is 5.10 Å². The molecule has 2 atom stereocenters. The zero-order chi connectivity index (χ0) is 17.6. The molecule has 7 nitrogen and oxygen atoms in total. The van der Waals surface area contributed by atoms with Crippen LogP contribution in [0.3, 0.4) is 0 Å². The number of sulfonamides is 1. The first-order chi connectivity index (χ1) is 11.9. The van der Waals surface area contributed by atoms with Crippen molar-refractivity contribution in [1.82, 2.24) is 14.1 Å². The van der Waals surface area contributed by atoms with E-state index in [-0.39, 0.29) is 18.8 Å². The number of rotatable bonds is 3. The monoisotopic (exact) mass is 363 g/mol. The van der Waals surface area contributed by atoms with E-state index in [1.54, 1.807) is 29.1 Å². The molecule has 1 aromatic heterocycles. The average molecular weight is 363 g/mol. The van der Waals surface area contributed by atoms with Gasteiger partial charge in [0.25, 0.3) is 0 Å². The first kappa shape index (κ1) is 16.6. The van der Waals surface area contributed by atoms with Gasteiger partial charge in [-0.15, -0.1) is 0 Å². The van der Waals surface area contributed by atoms with Crippen molar-refractivity contribution in [2.75, 3.05) is 19.7 Å². The van der Waals surface area contributed by atoms with Gasteiger partial charge in [-0.3, -0.25) is 4.68 Å². The van der Waals surface area contributed by atoms with Crippen LogP contribution in [-0.2, 0) is 28.2 Å². The summed E-state index contributed by atoms with van der Waals surface area (Å²) in [6, 6.07) is 5.12. The maximum Gasteiger partial charge on any atom is 0.243 e. The Hall–Kier alpha value is -1.90. The molecule has 25 heavy (non-hydrogen) atoms. The quantitative estimate of drug-likeness (QED) is 0.826. The van der Waals surface area contributed by atoms with Gasteiger partial charge in [0, 0.05) is 38.3 Å². The molecule has 0 saturated carbocycles. The van der Waals surface area contributed by atoms with E-state index < -0.39 is 10.0 Å². The van der Waals surface area contributed by atoms with Crippen LogP contribution in [0.4, 0.5) is 0 Å². The van der Waals surface area contributed by atoms with Gasteiger partial charge in [0.15, 0.2) is 0 Å². The summed E-state index contributed by atoms with van der Waals surface area (Å²) in [4.78, 5) is 0.316. The second-order valence-electron chi connectivity index (χ2n) is 6.57. The summed E-state index contributed by atoms with van der Waals surface area (Å²) in [6.07, 6.45) is 4.10. The Morgan fingerprint density at radius 3 is 2.92 bits per heavy atom. The number of hydrogen-bond acceptors (Lipinski definition) is 5. The lowest BCUT2D eigenvalue weighted by Gasteiger charge is -2.31. The van der Waals surface area contributed by atoms with Crippen LogP contribution in [0.5, 0.6) is 5.75 Å². The molecule has 8 heteroatoms. The van der Waals surface area contributed by atoms with E-state index in [4.69, 9.17) is 9.47 Å². The molecule has 1 aromatic carbocycles. The lowest BCUT2D eigenvalue weighted by Crippen LogP contribution is -2.42. The van der Waals surface area contributed by atoms with Crippen LogP contribution < -0.4 is 4.74 Å². The number of ether oxygens (including phenoxy) is 2. The molecule has 0 bridgehead atoms. The molecule has 0 spiro atoms. The number of hydrogen-bond donors (Lipinski definition) is 0. The van der Waals surface area contributed by atoms with Gasteiger partial charge in [-0.05, 0) is 30.7 Å². The van der Waals surface area contributed by atoms with Gasteiger partial charge in [-0.2, -0.15) is 9.40 Å². The van der Waals surface area contributed by atoms with Gasteiger partial charge in [-0.25, -0.2) is 8.42 Å². The van der Waals surface area contributed by atoms with Crippen molar-refractivity contribution in [3.05, 3.63) is 41.7 Å². The summed E-state index contributed by atoms with van der Waals surface area (Å²) >= 11 is 0. The van der Waals surface area contributed by atoms with Crippen molar-refractivity contribution in [3.63, 3.8) is 0 Å². The third kappa shape index (κ3) is 3.05. The Labute approximate surface area is 147 Å². The highest BCUT2D eigenvalue weighted by Gasteiger charge is 2.33. The first-order valence-electron chi connectivity index (χ1n) is 8.33. The summed E-state index contributed by atoms with van der Waals surface area (Å²) in [5.74, 6) is 0.779. The Bertz CT molecular complexity index is 893. The second kappa shape index (κ2) is 6.12. The van der Waals surface area contributed by atoms with Crippen molar-refractivity contribution in [2.24, 2.45) is 7.05 Å². The highest BCUT2D eigenvalue weighted by atomic mass is 32.2. The maximum atomic E-state index is 13.1. The molecule has 2 aliphatic heterocycles. The molecular weight excluding hydrogens is 342 g/mol. The molecule has 134 valence electrons. The van der Waals surface area contributed by atoms with Crippen molar-refractivity contribution < 1.29 is 17.9 Å². The molecule has 2 aromatic rings. The number of benzene rings is 1. The van der Waals surface area contributed by atoms with Crippen LogP contribution in [0.15, 0.2) is 35.5 Å². The minimum absolute atomic E-state index is 0.0892. The molecule has 4 rings (SSSR count). The number of aromatic nitrogens is 2. The molecule has 0 radical (unpaired) electrons. The molecule has 0 N–H and O–H groups in total. The number of nitrogens with zero attached hydrogens (tertiary/aromatic N) is 3. The molecule has 3 heterocycles. The number of morpholine rings is 1. The van der Waals surface area contributed by atoms with Crippen LogP contribution in [0.1, 0.15) is 24.2 Å². The van der Waals surface area contributed by atoms with E-state index in [0.717, 1.165) is 23.3 Å². The molecular formula is C17H21N3O4S. The fourth-order valence-electron chi connectivity index (χ4n) is 3.36. The molecule has 0 aliphatic carbocycles. The summed E-state index contributed by atoms with van der Waals surface area (Å²) in [5, 5.41) is 4.14. The maximum absolute atomic E-state index is 13.1. The fraction of sp³-hybridized carbons (Fsp3) is 0.471. The predicted molar refractivity (Wildman–Crippen MR) is 90.9 cm³/mol. The van der Waals surface area contributed by atoms with Gasteiger partial charge < -0.3 is 9.47 Å². The third-order valence-electron chi connectivity index (χ3n) is 4.63. The zero-order valence-corrected chi connectivity index (χ0v) is 15.1. The van der Waals surface area contributed by atoms with Gasteiger partial charge in [0.1, 0.15) is 11.9 Å². The van der Waals surface area contributed by atoms with E-state index in [9.17, 15) is 8.42 Å². The lowest BCUT2D eigenvalue weighted by atomic mass is 10.1. The van der Waals surface area contributed by atoms with Gasteiger partial charge in [-0.1, -0.05) is 0 Å². The summed E-state index contributed by atoms with van der Waals surface area (Å²) < 4.78 is 40.7. The van der Waals surface area contributed by atoms with E-state index in [1.165, 1.54) is 4.31 Å². The topological polar surface area (TPSA) is 73.7 Å². The van der Waals surface area contributed by atoms with E-state index in [0.29, 0.717) is 18.0 Å². The Morgan fingerprint density at radius 2 is 2.16 bits per heavy atom. The SMILES string of the molecule is C[C@@H]1Cc2cc(S(=O)(=O)N3CCO[C@H](c4cnn(C)c4)C3)ccc2O1. The first-order valence-corrected chi connectivity index (χ1v) is 9.77. The average Bonchev–Trinajstić information content (AvgIpc) is 3.18. The molecule has 1 fully saturated rings. The van der Waals surface area contributed by atoms with E-state index in [1.807, 2.05) is 20.2 Å². The Morgan fingerprint density at radius 1 is 1.32 bits per heavy atom. The van der Waals surface area contributed by atoms with Crippen molar-refractivity contribution in [2.45, 2.75) is 30.4 Å². The van der Waals surface area contributed by atoms with Gasteiger partial charge >= 0.3 is 0 Å². The van der Waals surface area contributed by atoms with Crippen LogP contribution >= 0.6 is 0 Å². The highest BCUT2D eigenvalue weighted by Crippen LogP contribution is 2.32. The Kier molecular flexibility index (Phi) is 4.05. The smallest absolute Gasteiger partial charge is 0.243 e. The van der Waals surface area contributed by atoms with E-state index >= 15 is 0 Å². The summed E-state index contributed by atoms with van der Waals surface area (Å²) in [6.45, 7) is 2.99. The van der Waals surface area contributed by atoms with Gasteiger partial charge in [0.2, 0.25) is 10.0 Å². The summed E-state index contributed by atoms with van der Waals surface area (Å²) in [7, 11) is -1.74. The van der Waals surface area contributed by atoms with Gasteiger partial charge in [0.05, 0.1) is 23.8 Å². The molecule has 0 amide bonds. The highest BCUT2D eigenvalue weighted by molar-refractivity contribution is 7.89. The second-order valence-corrected chi connectivity index (χ2v) is 8.51. The zero-order valence-electron chi connectivity index (χ0n) is 14.3. The number of fused-ring (bicyclic) bond motifs is 1. The van der Waals surface area contributed by atoms with Crippen molar-refractivity contribution in [3.8, 4) is 5.75 Å². The third-order valence-corrected chi connectivity index (χ3v) is 6.49. The minimum atomic E-state index is -3.56. The normalized spacial score (nSPS) is 24.1. The molecule has 1 saturated heterocycles. The lowest BCUT2D eigenvalue weighted by molar-refractivity contribution is -0.00259. The summed E-state index contributed by atoms with van der Waals surface area (Å²) in [5.41, 5.74) is 1.84. The fourth-order valence-corrected chi connectivity index (χ4v) is 4.84. The van der Waals surface area contributed by atoms with Crippen LogP contribution in [0.2, 0.25) is 0 Å². The molecule has 2 aliphatic rings. The van der Waals surface area contributed by atoms with Crippen LogP contribution in [-0.4, -0.2) is 48.3 Å². The van der Waals surface area contributed by atoms with Crippen LogP contribution in [0.25, 0.3) is 0 Å².